The maximum Gasteiger partial charge on any atom is 0.0540 e. The van der Waals surface area contributed by atoms with Crippen molar-refractivity contribution < 1.29 is 0 Å². The molecule has 0 aliphatic rings. The molecule has 24 heavy (non-hydrogen) atoms. The first-order chi connectivity index (χ1) is 11.8. The second-order valence-corrected chi connectivity index (χ2v) is 6.19. The zero-order valence-electron chi connectivity index (χ0n) is 14.2. The summed E-state index contributed by atoms with van der Waals surface area (Å²) < 4.78 is 2.39. The van der Waals surface area contributed by atoms with Crippen LogP contribution in [0.2, 0.25) is 0 Å². The zero-order valence-corrected chi connectivity index (χ0v) is 14.2. The Hall–Kier alpha value is -2.80. The first kappa shape index (κ1) is 14.8. The quantitative estimate of drug-likeness (QED) is 0.426. The predicted octanol–water partition coefficient (Wildman–Crippen LogP) is 6.17. The highest BCUT2D eigenvalue weighted by Gasteiger charge is 2.14. The molecule has 0 fully saturated rings. The molecule has 3 aromatic carbocycles. The standard InChI is InChI=1S/C23H21N/c1-3-21-17(2)24(20-12-8-5-9-13-20)23-16-19(14-15-22(21)23)18-10-6-4-7-11-18/h4-16H,3H2,1-2H3. The van der Waals surface area contributed by atoms with Gasteiger partial charge in [-0.3, -0.25) is 0 Å². The molecule has 0 amide bonds. The Kier molecular flexibility index (Phi) is 3.70. The molecule has 0 atom stereocenters. The largest absolute Gasteiger partial charge is 0.314 e. The van der Waals surface area contributed by atoms with Crippen LogP contribution in [0.1, 0.15) is 18.2 Å². The number of nitrogens with zero attached hydrogens (tertiary/aromatic N) is 1. The molecule has 4 rings (SSSR count). The SMILES string of the molecule is CCc1c(C)n(-c2ccccc2)c2cc(-c3ccccc3)ccc12. The molecule has 0 saturated carbocycles. The van der Waals surface area contributed by atoms with Gasteiger partial charge in [-0.25, -0.2) is 0 Å². The van der Waals surface area contributed by atoms with Gasteiger partial charge in [0.05, 0.1) is 5.52 Å². The van der Waals surface area contributed by atoms with E-state index in [1.54, 1.807) is 0 Å². The Morgan fingerprint density at radius 2 is 1.42 bits per heavy atom. The van der Waals surface area contributed by atoms with Crippen molar-refractivity contribution in [2.24, 2.45) is 0 Å². The predicted molar refractivity (Wildman–Crippen MR) is 103 cm³/mol. The third-order valence-corrected chi connectivity index (χ3v) is 4.81. The lowest BCUT2D eigenvalue weighted by Gasteiger charge is -2.09. The van der Waals surface area contributed by atoms with Crippen LogP contribution in [-0.4, -0.2) is 4.57 Å². The molecule has 118 valence electrons. The summed E-state index contributed by atoms with van der Waals surface area (Å²) in [6.07, 6.45) is 1.05. The Morgan fingerprint density at radius 1 is 0.750 bits per heavy atom. The molecule has 1 heterocycles. The number of aromatic nitrogens is 1. The van der Waals surface area contributed by atoms with Crippen molar-refractivity contribution in [1.29, 1.82) is 0 Å². The van der Waals surface area contributed by atoms with Crippen LogP contribution in [0.25, 0.3) is 27.7 Å². The van der Waals surface area contributed by atoms with Crippen LogP contribution in [0.4, 0.5) is 0 Å². The summed E-state index contributed by atoms with van der Waals surface area (Å²) in [6, 6.07) is 28.1. The monoisotopic (exact) mass is 311 g/mol. The van der Waals surface area contributed by atoms with Crippen molar-refractivity contribution in [2.75, 3.05) is 0 Å². The number of benzene rings is 3. The molecule has 0 aliphatic carbocycles. The highest BCUT2D eigenvalue weighted by atomic mass is 15.0. The topological polar surface area (TPSA) is 4.93 Å². The van der Waals surface area contributed by atoms with E-state index in [1.165, 1.54) is 39.0 Å². The molecule has 0 N–H and O–H groups in total. The number of hydrogen-bond acceptors (Lipinski definition) is 0. The lowest BCUT2D eigenvalue weighted by molar-refractivity contribution is 1.01. The summed E-state index contributed by atoms with van der Waals surface area (Å²) in [5.74, 6) is 0. The lowest BCUT2D eigenvalue weighted by atomic mass is 10.0. The van der Waals surface area contributed by atoms with E-state index < -0.39 is 0 Å². The molecule has 0 aliphatic heterocycles. The van der Waals surface area contributed by atoms with E-state index in [4.69, 9.17) is 0 Å². The van der Waals surface area contributed by atoms with Crippen LogP contribution in [0, 0.1) is 6.92 Å². The summed E-state index contributed by atoms with van der Waals surface area (Å²) in [5, 5.41) is 1.36. The number of para-hydroxylation sites is 1. The van der Waals surface area contributed by atoms with Gasteiger partial charge in [-0.15, -0.1) is 0 Å². The van der Waals surface area contributed by atoms with E-state index >= 15 is 0 Å². The van der Waals surface area contributed by atoms with Gasteiger partial charge in [0.2, 0.25) is 0 Å². The highest BCUT2D eigenvalue weighted by molar-refractivity contribution is 5.91. The van der Waals surface area contributed by atoms with Crippen molar-refractivity contribution in [3.63, 3.8) is 0 Å². The van der Waals surface area contributed by atoms with E-state index in [9.17, 15) is 0 Å². The number of aryl methyl sites for hydroxylation is 1. The molecule has 0 spiro atoms. The van der Waals surface area contributed by atoms with Gasteiger partial charge in [-0.2, -0.15) is 0 Å². The van der Waals surface area contributed by atoms with Crippen molar-refractivity contribution >= 4 is 10.9 Å². The maximum absolute atomic E-state index is 2.39. The first-order valence-electron chi connectivity index (χ1n) is 8.54. The normalized spacial score (nSPS) is 11.1. The number of rotatable bonds is 3. The number of fused-ring (bicyclic) bond motifs is 1. The van der Waals surface area contributed by atoms with Gasteiger partial charge in [-0.1, -0.05) is 67.6 Å². The van der Waals surface area contributed by atoms with Crippen LogP contribution >= 0.6 is 0 Å². The molecule has 0 unspecified atom stereocenters. The fourth-order valence-corrected chi connectivity index (χ4v) is 3.65. The molecule has 1 heteroatoms. The third-order valence-electron chi connectivity index (χ3n) is 4.81. The minimum absolute atomic E-state index is 1.05. The van der Waals surface area contributed by atoms with Gasteiger partial charge in [-0.05, 0) is 48.2 Å². The van der Waals surface area contributed by atoms with Crippen molar-refractivity contribution in [3.05, 3.63) is 90.1 Å². The molecule has 0 saturated heterocycles. The minimum Gasteiger partial charge on any atom is -0.314 e. The summed E-state index contributed by atoms with van der Waals surface area (Å²) in [4.78, 5) is 0. The molecular formula is C23H21N. The Bertz CT molecular complexity index is 979. The highest BCUT2D eigenvalue weighted by Crippen LogP contribution is 2.32. The van der Waals surface area contributed by atoms with Crippen molar-refractivity contribution in [3.8, 4) is 16.8 Å². The fourth-order valence-electron chi connectivity index (χ4n) is 3.65. The maximum atomic E-state index is 2.39. The Morgan fingerprint density at radius 3 is 2.08 bits per heavy atom. The van der Waals surface area contributed by atoms with Gasteiger partial charge >= 0.3 is 0 Å². The fraction of sp³-hybridized carbons (Fsp3) is 0.130. The van der Waals surface area contributed by atoms with E-state index in [0.29, 0.717) is 0 Å². The Balaban J connectivity index is 2.02. The van der Waals surface area contributed by atoms with Gasteiger partial charge < -0.3 is 4.57 Å². The summed E-state index contributed by atoms with van der Waals surface area (Å²) in [6.45, 7) is 4.47. The van der Waals surface area contributed by atoms with Crippen LogP contribution in [0.3, 0.4) is 0 Å². The van der Waals surface area contributed by atoms with Crippen LogP contribution in [0.15, 0.2) is 78.9 Å². The molecule has 0 radical (unpaired) electrons. The zero-order chi connectivity index (χ0) is 16.5. The molecule has 1 aromatic heterocycles. The summed E-state index contributed by atoms with van der Waals surface area (Å²) >= 11 is 0. The van der Waals surface area contributed by atoms with Crippen LogP contribution in [-0.2, 0) is 6.42 Å². The van der Waals surface area contributed by atoms with E-state index in [1.807, 2.05) is 0 Å². The molecule has 0 bridgehead atoms. The average Bonchev–Trinajstić information content (AvgIpc) is 2.93. The first-order valence-corrected chi connectivity index (χ1v) is 8.54. The lowest BCUT2D eigenvalue weighted by Crippen LogP contribution is -1.97. The van der Waals surface area contributed by atoms with Gasteiger partial charge in [0, 0.05) is 16.8 Å². The molecular weight excluding hydrogens is 290 g/mol. The van der Waals surface area contributed by atoms with Gasteiger partial charge in [0.15, 0.2) is 0 Å². The van der Waals surface area contributed by atoms with Crippen molar-refractivity contribution in [1.82, 2.24) is 4.57 Å². The number of hydrogen-bond donors (Lipinski definition) is 0. The summed E-state index contributed by atoms with van der Waals surface area (Å²) in [7, 11) is 0. The second-order valence-electron chi connectivity index (χ2n) is 6.19. The van der Waals surface area contributed by atoms with E-state index in [0.717, 1.165) is 6.42 Å². The summed E-state index contributed by atoms with van der Waals surface area (Å²) in [5.41, 5.74) is 7.82. The molecule has 1 nitrogen and oxygen atoms in total. The van der Waals surface area contributed by atoms with E-state index in [-0.39, 0.29) is 0 Å². The van der Waals surface area contributed by atoms with Crippen molar-refractivity contribution in [2.45, 2.75) is 20.3 Å². The molecule has 4 aromatic rings. The Labute approximate surface area is 143 Å². The second kappa shape index (κ2) is 6.01. The average molecular weight is 311 g/mol. The van der Waals surface area contributed by atoms with Gasteiger partial charge in [0.1, 0.15) is 0 Å². The van der Waals surface area contributed by atoms with Crippen LogP contribution < -0.4 is 0 Å². The van der Waals surface area contributed by atoms with E-state index in [2.05, 4.69) is 97.3 Å². The van der Waals surface area contributed by atoms with Crippen LogP contribution in [0.5, 0.6) is 0 Å². The smallest absolute Gasteiger partial charge is 0.0540 e. The van der Waals surface area contributed by atoms with Gasteiger partial charge in [0.25, 0.3) is 0 Å². The minimum atomic E-state index is 1.05. The third kappa shape index (κ3) is 2.33.